The van der Waals surface area contributed by atoms with Crippen molar-refractivity contribution in [2.45, 2.75) is 12.3 Å². The molecular weight excluding hydrogens is 201 g/mol. The molecule has 0 aliphatic rings. The van der Waals surface area contributed by atoms with E-state index in [4.69, 9.17) is 11.6 Å². The van der Waals surface area contributed by atoms with Crippen molar-refractivity contribution < 1.29 is 13.2 Å². The average molecular weight is 208 g/mol. The number of benzene rings is 1. The topological polar surface area (TPSA) is 0 Å². The molecule has 0 aliphatic carbocycles. The molecule has 1 aromatic rings. The molecule has 1 atom stereocenters. The van der Waals surface area contributed by atoms with Crippen LogP contribution in [0.25, 0.3) is 0 Å². The Kier molecular flexibility index (Phi) is 3.20. The predicted molar refractivity (Wildman–Crippen MR) is 45.5 cm³/mol. The van der Waals surface area contributed by atoms with E-state index in [1.54, 1.807) is 0 Å². The molecule has 0 heterocycles. The SMILES string of the molecule is [CH2]C(c1ccc(F)c(Cl)c1)C(F)F. The molecule has 0 saturated carbocycles. The van der Waals surface area contributed by atoms with E-state index in [0.717, 1.165) is 6.07 Å². The lowest BCUT2D eigenvalue weighted by Gasteiger charge is -2.10. The maximum Gasteiger partial charge on any atom is 0.245 e. The van der Waals surface area contributed by atoms with E-state index in [1.165, 1.54) is 12.1 Å². The first kappa shape index (κ1) is 10.4. The maximum absolute atomic E-state index is 12.6. The molecular formula is C9H7ClF3. The van der Waals surface area contributed by atoms with Gasteiger partial charge in [0.15, 0.2) is 0 Å². The maximum atomic E-state index is 12.6. The molecule has 0 spiro atoms. The summed E-state index contributed by atoms with van der Waals surface area (Å²) in [7, 11) is 0. The third kappa shape index (κ3) is 2.37. The van der Waals surface area contributed by atoms with Gasteiger partial charge in [0.25, 0.3) is 0 Å². The molecule has 1 radical (unpaired) electrons. The molecule has 0 amide bonds. The monoisotopic (exact) mass is 207 g/mol. The molecule has 1 unspecified atom stereocenters. The summed E-state index contributed by atoms with van der Waals surface area (Å²) in [4.78, 5) is 0. The number of hydrogen-bond acceptors (Lipinski definition) is 0. The molecule has 0 fully saturated rings. The van der Waals surface area contributed by atoms with Gasteiger partial charge < -0.3 is 0 Å². The van der Waals surface area contributed by atoms with Crippen molar-refractivity contribution in [3.8, 4) is 0 Å². The van der Waals surface area contributed by atoms with Crippen LogP contribution in [0.15, 0.2) is 18.2 Å². The minimum absolute atomic E-state index is 0.160. The Balaban J connectivity index is 2.97. The van der Waals surface area contributed by atoms with Gasteiger partial charge in [-0.3, -0.25) is 0 Å². The van der Waals surface area contributed by atoms with Crippen LogP contribution >= 0.6 is 11.6 Å². The fourth-order valence-electron chi connectivity index (χ4n) is 0.888. The highest BCUT2D eigenvalue weighted by atomic mass is 35.5. The van der Waals surface area contributed by atoms with Gasteiger partial charge in [0.1, 0.15) is 5.82 Å². The minimum atomic E-state index is -2.57. The second-order valence-corrected chi connectivity index (χ2v) is 3.02. The Morgan fingerprint density at radius 3 is 2.38 bits per heavy atom. The lowest BCUT2D eigenvalue weighted by Crippen LogP contribution is -2.04. The van der Waals surface area contributed by atoms with Crippen molar-refractivity contribution in [2.24, 2.45) is 0 Å². The molecule has 71 valence electrons. The van der Waals surface area contributed by atoms with Crippen LogP contribution in [0.2, 0.25) is 5.02 Å². The third-order valence-corrected chi connectivity index (χ3v) is 1.97. The summed E-state index contributed by atoms with van der Waals surface area (Å²) in [5, 5.41) is -0.160. The first-order chi connectivity index (χ1) is 6.02. The van der Waals surface area contributed by atoms with Gasteiger partial charge in [0.2, 0.25) is 6.43 Å². The molecule has 0 saturated heterocycles. The molecule has 0 aliphatic heterocycles. The Hall–Kier alpha value is -0.700. The van der Waals surface area contributed by atoms with Crippen LogP contribution in [0, 0.1) is 12.7 Å². The Morgan fingerprint density at radius 2 is 1.92 bits per heavy atom. The Labute approximate surface area is 79.3 Å². The van der Waals surface area contributed by atoms with Crippen molar-refractivity contribution in [1.29, 1.82) is 0 Å². The summed E-state index contributed by atoms with van der Waals surface area (Å²) in [6, 6.07) is 3.48. The zero-order valence-electron chi connectivity index (χ0n) is 6.61. The molecule has 1 rings (SSSR count). The first-order valence-corrected chi connectivity index (χ1v) is 3.96. The van der Waals surface area contributed by atoms with Gasteiger partial charge in [0, 0.05) is 5.92 Å². The summed E-state index contributed by atoms with van der Waals surface area (Å²) in [6.45, 7) is 3.25. The average Bonchev–Trinajstić information content (AvgIpc) is 2.08. The number of alkyl halides is 2. The van der Waals surface area contributed by atoms with Gasteiger partial charge in [0.05, 0.1) is 5.02 Å². The van der Waals surface area contributed by atoms with Gasteiger partial charge in [-0.2, -0.15) is 0 Å². The van der Waals surface area contributed by atoms with Crippen LogP contribution in [0.3, 0.4) is 0 Å². The molecule has 1 aromatic carbocycles. The fourth-order valence-corrected chi connectivity index (χ4v) is 1.08. The highest BCUT2D eigenvalue weighted by Gasteiger charge is 2.17. The second kappa shape index (κ2) is 4.01. The van der Waals surface area contributed by atoms with Crippen molar-refractivity contribution in [3.05, 3.63) is 41.5 Å². The number of halogens is 4. The summed E-state index contributed by atoms with van der Waals surface area (Å²) < 4.78 is 36.9. The van der Waals surface area contributed by atoms with Crippen molar-refractivity contribution >= 4 is 11.6 Å². The van der Waals surface area contributed by atoms with E-state index < -0.39 is 18.2 Å². The molecule has 0 aromatic heterocycles. The first-order valence-electron chi connectivity index (χ1n) is 3.58. The summed E-state index contributed by atoms with van der Waals surface area (Å²) >= 11 is 5.41. The van der Waals surface area contributed by atoms with Crippen LogP contribution in [0.5, 0.6) is 0 Å². The summed E-state index contributed by atoms with van der Waals surface area (Å²) in [6.07, 6.45) is -2.57. The molecule has 0 nitrogen and oxygen atoms in total. The third-order valence-electron chi connectivity index (χ3n) is 1.68. The van der Waals surface area contributed by atoms with E-state index >= 15 is 0 Å². The van der Waals surface area contributed by atoms with E-state index in [9.17, 15) is 13.2 Å². The summed E-state index contributed by atoms with van der Waals surface area (Å²) in [5.41, 5.74) is 0.237. The summed E-state index contributed by atoms with van der Waals surface area (Å²) in [5.74, 6) is -1.79. The van der Waals surface area contributed by atoms with Gasteiger partial charge in [-0.15, -0.1) is 0 Å². The van der Waals surface area contributed by atoms with Crippen molar-refractivity contribution in [1.82, 2.24) is 0 Å². The number of rotatable bonds is 2. The smallest absolute Gasteiger partial charge is 0.210 e. The Morgan fingerprint density at radius 1 is 1.31 bits per heavy atom. The van der Waals surface area contributed by atoms with Crippen molar-refractivity contribution in [2.75, 3.05) is 0 Å². The van der Waals surface area contributed by atoms with Crippen LogP contribution in [-0.4, -0.2) is 6.43 Å². The second-order valence-electron chi connectivity index (χ2n) is 2.61. The van der Waals surface area contributed by atoms with Crippen molar-refractivity contribution in [3.63, 3.8) is 0 Å². The van der Waals surface area contributed by atoms with Gasteiger partial charge >= 0.3 is 0 Å². The number of hydrogen-bond donors (Lipinski definition) is 0. The zero-order chi connectivity index (χ0) is 10.0. The minimum Gasteiger partial charge on any atom is -0.210 e. The highest BCUT2D eigenvalue weighted by molar-refractivity contribution is 6.30. The predicted octanol–water partition coefficient (Wildman–Crippen LogP) is 3.66. The zero-order valence-corrected chi connectivity index (χ0v) is 7.36. The van der Waals surface area contributed by atoms with E-state index in [2.05, 4.69) is 6.92 Å². The largest absolute Gasteiger partial charge is 0.245 e. The quantitative estimate of drug-likeness (QED) is 0.694. The van der Waals surface area contributed by atoms with Crippen LogP contribution in [0.1, 0.15) is 11.5 Å². The molecule has 0 bridgehead atoms. The van der Waals surface area contributed by atoms with Gasteiger partial charge in [-0.1, -0.05) is 17.7 Å². The highest BCUT2D eigenvalue weighted by Crippen LogP contribution is 2.25. The Bertz CT molecular complexity index is 299. The standard InChI is InChI=1S/C9H7ClF3/c1-5(9(12)13)6-2-3-8(11)7(10)4-6/h2-5,9H,1H2. The normalized spacial score (nSPS) is 13.4. The molecule has 4 heteroatoms. The lowest BCUT2D eigenvalue weighted by atomic mass is 10.0. The van der Waals surface area contributed by atoms with Crippen LogP contribution in [-0.2, 0) is 0 Å². The van der Waals surface area contributed by atoms with E-state index in [0.29, 0.717) is 0 Å². The van der Waals surface area contributed by atoms with Gasteiger partial charge in [-0.05, 0) is 24.6 Å². The van der Waals surface area contributed by atoms with Gasteiger partial charge in [-0.25, -0.2) is 13.2 Å². The fraction of sp³-hybridized carbons (Fsp3) is 0.222. The van der Waals surface area contributed by atoms with E-state index in [-0.39, 0.29) is 10.6 Å². The molecule has 0 N–H and O–H groups in total. The lowest BCUT2D eigenvalue weighted by molar-refractivity contribution is 0.130. The van der Waals surface area contributed by atoms with E-state index in [1.807, 2.05) is 0 Å². The van der Waals surface area contributed by atoms with Crippen LogP contribution < -0.4 is 0 Å². The molecule has 13 heavy (non-hydrogen) atoms. The van der Waals surface area contributed by atoms with Crippen LogP contribution in [0.4, 0.5) is 13.2 Å².